The number of unbranched alkanes of at least 4 members (excludes halogenated alkanes) is 28. The SMILES string of the molecule is CCCCCCCCCCCCCCC/C=C/CC/C=C/CC/C=C/CCCC(O)C(O)C(COC1OC(CO)C(O)C(O)C1O)NC(=O)C(O)CCCCCCCCCCCCCCC. The van der Waals surface area contributed by atoms with Crippen LogP contribution in [0.15, 0.2) is 36.5 Å². The molecule has 1 rings (SSSR count). The number of hydrogen-bond donors (Lipinski definition) is 8. The third-order valence-corrected chi connectivity index (χ3v) is 13.2. The number of carbonyl (C=O) groups is 1. The smallest absolute Gasteiger partial charge is 0.249 e. The van der Waals surface area contributed by atoms with Crippen LogP contribution in [-0.4, -0.2) is 110 Å². The van der Waals surface area contributed by atoms with Gasteiger partial charge in [0.1, 0.15) is 36.6 Å². The lowest BCUT2D eigenvalue weighted by atomic mass is 9.98. The zero-order chi connectivity index (χ0) is 48.3. The summed E-state index contributed by atoms with van der Waals surface area (Å²) in [6, 6.07) is -1.19. The van der Waals surface area contributed by atoms with Gasteiger partial charge in [0.05, 0.1) is 25.4 Å². The molecule has 388 valence electrons. The summed E-state index contributed by atoms with van der Waals surface area (Å²) in [7, 11) is 0. The number of aliphatic hydroxyl groups is 7. The highest BCUT2D eigenvalue weighted by atomic mass is 16.7. The quantitative estimate of drug-likeness (QED) is 0.0215. The van der Waals surface area contributed by atoms with Crippen LogP contribution in [0.4, 0.5) is 0 Å². The monoisotopic (exact) mass is 938 g/mol. The summed E-state index contributed by atoms with van der Waals surface area (Å²) in [6.07, 6.45) is 42.1. The molecule has 1 aliphatic rings. The Morgan fingerprint density at radius 2 is 0.909 bits per heavy atom. The minimum Gasteiger partial charge on any atom is -0.394 e. The molecule has 0 aromatic rings. The van der Waals surface area contributed by atoms with Crippen LogP contribution in [0.3, 0.4) is 0 Å². The van der Waals surface area contributed by atoms with Crippen LogP contribution in [0.2, 0.25) is 0 Å². The number of ether oxygens (including phenoxy) is 2. The lowest BCUT2D eigenvalue weighted by molar-refractivity contribution is -0.303. The highest BCUT2D eigenvalue weighted by Crippen LogP contribution is 2.23. The fourth-order valence-corrected chi connectivity index (χ4v) is 8.65. The topological polar surface area (TPSA) is 189 Å². The van der Waals surface area contributed by atoms with Gasteiger partial charge < -0.3 is 50.5 Å². The molecule has 1 heterocycles. The van der Waals surface area contributed by atoms with Gasteiger partial charge in [-0.15, -0.1) is 0 Å². The lowest BCUT2D eigenvalue weighted by Gasteiger charge is -2.40. The molecule has 0 aromatic heterocycles. The summed E-state index contributed by atoms with van der Waals surface area (Å²) in [4.78, 5) is 13.1. The second-order valence-electron chi connectivity index (χ2n) is 19.3. The summed E-state index contributed by atoms with van der Waals surface area (Å²) in [6.45, 7) is 3.43. The van der Waals surface area contributed by atoms with Crippen LogP contribution in [0, 0.1) is 0 Å². The minimum absolute atomic E-state index is 0.242. The molecule has 0 radical (unpaired) electrons. The highest BCUT2D eigenvalue weighted by Gasteiger charge is 2.44. The summed E-state index contributed by atoms with van der Waals surface area (Å²) >= 11 is 0. The zero-order valence-electron chi connectivity index (χ0n) is 42.2. The van der Waals surface area contributed by atoms with Gasteiger partial charge >= 0.3 is 0 Å². The molecular formula is C55H103NO10. The molecule has 0 spiro atoms. The molecule has 1 fully saturated rings. The maximum absolute atomic E-state index is 13.1. The highest BCUT2D eigenvalue weighted by molar-refractivity contribution is 5.80. The molecule has 0 aliphatic carbocycles. The van der Waals surface area contributed by atoms with Crippen LogP contribution >= 0.6 is 0 Å². The number of nitrogens with one attached hydrogen (secondary N) is 1. The van der Waals surface area contributed by atoms with Crippen molar-refractivity contribution < 1.29 is 50.0 Å². The van der Waals surface area contributed by atoms with E-state index in [1.807, 2.05) is 0 Å². The molecule has 11 nitrogen and oxygen atoms in total. The van der Waals surface area contributed by atoms with Gasteiger partial charge in [0.2, 0.25) is 5.91 Å². The zero-order valence-corrected chi connectivity index (χ0v) is 42.2. The Bertz CT molecular complexity index is 1170. The molecule has 11 heteroatoms. The number of allylic oxidation sites excluding steroid dienone is 6. The number of carbonyl (C=O) groups excluding carboxylic acids is 1. The van der Waals surface area contributed by atoms with Crippen molar-refractivity contribution in [1.82, 2.24) is 5.32 Å². The predicted molar refractivity (Wildman–Crippen MR) is 270 cm³/mol. The van der Waals surface area contributed by atoms with Gasteiger partial charge in [-0.25, -0.2) is 0 Å². The number of aliphatic hydroxyl groups excluding tert-OH is 7. The van der Waals surface area contributed by atoms with Crippen LogP contribution < -0.4 is 5.32 Å². The molecule has 1 aliphatic heterocycles. The van der Waals surface area contributed by atoms with Crippen LogP contribution in [0.25, 0.3) is 0 Å². The molecule has 8 N–H and O–H groups in total. The summed E-state index contributed by atoms with van der Waals surface area (Å²) in [5.41, 5.74) is 0. The van der Waals surface area contributed by atoms with E-state index in [1.165, 1.54) is 148 Å². The second kappa shape index (κ2) is 44.5. The summed E-state index contributed by atoms with van der Waals surface area (Å²) < 4.78 is 11.1. The summed E-state index contributed by atoms with van der Waals surface area (Å²) in [5.74, 6) is -0.712. The molecule has 0 saturated carbocycles. The first kappa shape index (κ1) is 62.3. The van der Waals surface area contributed by atoms with E-state index in [4.69, 9.17) is 9.47 Å². The van der Waals surface area contributed by atoms with Gasteiger partial charge in [-0.1, -0.05) is 211 Å². The Hall–Kier alpha value is -1.67. The van der Waals surface area contributed by atoms with Crippen molar-refractivity contribution in [3.8, 4) is 0 Å². The van der Waals surface area contributed by atoms with Crippen molar-refractivity contribution in [1.29, 1.82) is 0 Å². The maximum atomic E-state index is 13.1. The minimum atomic E-state index is -1.67. The third-order valence-electron chi connectivity index (χ3n) is 13.2. The average molecular weight is 938 g/mol. The van der Waals surface area contributed by atoms with E-state index in [0.29, 0.717) is 19.3 Å². The van der Waals surface area contributed by atoms with E-state index in [1.54, 1.807) is 0 Å². The Morgan fingerprint density at radius 1 is 0.515 bits per heavy atom. The molecule has 0 bridgehead atoms. The first-order valence-corrected chi connectivity index (χ1v) is 27.4. The van der Waals surface area contributed by atoms with Crippen LogP contribution in [0.5, 0.6) is 0 Å². The molecule has 9 atom stereocenters. The van der Waals surface area contributed by atoms with E-state index in [2.05, 4.69) is 55.6 Å². The van der Waals surface area contributed by atoms with Crippen molar-refractivity contribution in [3.63, 3.8) is 0 Å². The Balaban J connectivity index is 2.36. The summed E-state index contributed by atoms with van der Waals surface area (Å²) in [5, 5.41) is 75.9. The van der Waals surface area contributed by atoms with E-state index in [-0.39, 0.29) is 12.8 Å². The van der Waals surface area contributed by atoms with Gasteiger partial charge in [0.15, 0.2) is 6.29 Å². The van der Waals surface area contributed by atoms with Gasteiger partial charge in [-0.2, -0.15) is 0 Å². The van der Waals surface area contributed by atoms with E-state index >= 15 is 0 Å². The number of rotatable bonds is 46. The van der Waals surface area contributed by atoms with E-state index < -0.39 is 74.2 Å². The lowest BCUT2D eigenvalue weighted by Crippen LogP contribution is -2.60. The van der Waals surface area contributed by atoms with Crippen molar-refractivity contribution in [2.75, 3.05) is 13.2 Å². The predicted octanol–water partition coefficient (Wildman–Crippen LogP) is 10.7. The number of amides is 1. The van der Waals surface area contributed by atoms with Gasteiger partial charge in [-0.05, 0) is 64.2 Å². The van der Waals surface area contributed by atoms with Crippen LogP contribution in [0.1, 0.15) is 239 Å². The van der Waals surface area contributed by atoms with E-state index in [9.17, 15) is 40.5 Å². The van der Waals surface area contributed by atoms with Crippen LogP contribution in [-0.2, 0) is 14.3 Å². The fourth-order valence-electron chi connectivity index (χ4n) is 8.65. The maximum Gasteiger partial charge on any atom is 0.249 e. The standard InChI is InChI=1S/C55H103NO10/c1-3-5-7-9-11-13-15-17-18-19-20-21-22-23-24-25-26-27-28-29-31-32-34-36-38-40-42-47(58)50(60)46(45-65-55-53(63)52(62)51(61)49(44-57)66-55)56-54(64)48(59)43-41-39-37-35-33-30-16-14-12-10-8-6-4-2/h24-25,28-29,34,36,46-53,55,57-63H,3-23,26-27,30-33,35,37-45H2,1-2H3,(H,56,64)/b25-24+,29-28+,36-34+. The Morgan fingerprint density at radius 3 is 1.35 bits per heavy atom. The first-order chi connectivity index (χ1) is 32.2. The second-order valence-corrected chi connectivity index (χ2v) is 19.3. The Kier molecular flexibility index (Phi) is 42.1. The first-order valence-electron chi connectivity index (χ1n) is 27.4. The van der Waals surface area contributed by atoms with Crippen molar-refractivity contribution in [2.45, 2.75) is 294 Å². The molecular weight excluding hydrogens is 835 g/mol. The largest absolute Gasteiger partial charge is 0.394 e. The van der Waals surface area contributed by atoms with Gasteiger partial charge in [0, 0.05) is 0 Å². The molecule has 9 unspecified atom stereocenters. The normalized spacial score (nSPS) is 21.0. The molecule has 0 aromatic carbocycles. The molecule has 1 amide bonds. The van der Waals surface area contributed by atoms with Crippen molar-refractivity contribution in [3.05, 3.63) is 36.5 Å². The molecule has 1 saturated heterocycles. The van der Waals surface area contributed by atoms with Gasteiger partial charge in [-0.3, -0.25) is 4.79 Å². The Labute approximate surface area is 403 Å². The molecule has 66 heavy (non-hydrogen) atoms. The fraction of sp³-hybridized carbons (Fsp3) is 0.873. The van der Waals surface area contributed by atoms with Gasteiger partial charge in [0.25, 0.3) is 0 Å². The van der Waals surface area contributed by atoms with Crippen molar-refractivity contribution in [2.24, 2.45) is 0 Å². The third kappa shape index (κ3) is 33.0. The van der Waals surface area contributed by atoms with E-state index in [0.717, 1.165) is 44.9 Å². The van der Waals surface area contributed by atoms with Crippen molar-refractivity contribution >= 4 is 5.91 Å². The number of hydrogen-bond acceptors (Lipinski definition) is 10. The average Bonchev–Trinajstić information content (AvgIpc) is 3.32.